The molecule has 150 valence electrons. The number of benzene rings is 1. The minimum Gasteiger partial charge on any atom is -0.341 e. The lowest BCUT2D eigenvalue weighted by atomic mass is 10.1. The van der Waals surface area contributed by atoms with Crippen molar-refractivity contribution in [3.05, 3.63) is 48.8 Å². The van der Waals surface area contributed by atoms with Crippen molar-refractivity contribution >= 4 is 40.9 Å². The van der Waals surface area contributed by atoms with Crippen LogP contribution in [-0.2, 0) is 14.4 Å². The molecule has 2 aromatic rings. The highest BCUT2D eigenvalue weighted by atomic mass is 32.2. The molecule has 0 spiro atoms. The topological polar surface area (TPSA) is 82.6 Å². The molecule has 2 aliphatic heterocycles. The molecule has 3 amide bonds. The molecule has 1 aromatic carbocycles. The monoisotopic (exact) mass is 410 g/mol. The van der Waals surface area contributed by atoms with Crippen molar-refractivity contribution in [1.82, 2.24) is 9.88 Å². The van der Waals surface area contributed by atoms with Crippen LogP contribution in [0.25, 0.3) is 0 Å². The average molecular weight is 410 g/mol. The van der Waals surface area contributed by atoms with E-state index in [-0.39, 0.29) is 24.3 Å². The molecule has 1 fully saturated rings. The van der Waals surface area contributed by atoms with Gasteiger partial charge in [-0.25, -0.2) is 0 Å². The number of anilines is 2. The van der Waals surface area contributed by atoms with Gasteiger partial charge in [0.2, 0.25) is 11.8 Å². The minimum atomic E-state index is -0.853. The number of hydrogen-bond donors (Lipinski definition) is 1. The summed E-state index contributed by atoms with van der Waals surface area (Å²) < 4.78 is 0. The molecule has 0 saturated carbocycles. The van der Waals surface area contributed by atoms with Crippen LogP contribution < -0.4 is 10.2 Å². The number of nitrogens with one attached hydrogen (secondary N) is 1. The highest BCUT2D eigenvalue weighted by Crippen LogP contribution is 2.39. The Labute approximate surface area is 173 Å². The fourth-order valence-corrected chi connectivity index (χ4v) is 4.79. The molecule has 0 radical (unpaired) electrons. The van der Waals surface area contributed by atoms with Crippen molar-refractivity contribution in [3.8, 4) is 0 Å². The summed E-state index contributed by atoms with van der Waals surface area (Å²) in [6, 6.07) is 10.8. The number of pyridine rings is 1. The lowest BCUT2D eigenvalue weighted by Crippen LogP contribution is -2.52. The first-order valence-electron chi connectivity index (χ1n) is 9.69. The fraction of sp³-hybridized carbons (Fsp3) is 0.333. The number of carbonyl (C=O) groups is 3. The number of thioether (sulfide) groups is 1. The quantitative estimate of drug-likeness (QED) is 0.784. The van der Waals surface area contributed by atoms with Gasteiger partial charge in [-0.05, 0) is 43.5 Å². The van der Waals surface area contributed by atoms with E-state index in [1.54, 1.807) is 35.5 Å². The summed E-state index contributed by atoms with van der Waals surface area (Å²) in [5.41, 5.74) is 1.22. The number of hydrogen-bond acceptors (Lipinski definition) is 5. The predicted octanol–water partition coefficient (Wildman–Crippen LogP) is 2.54. The number of likely N-dealkylation sites (tertiary alicyclic amines) is 1. The van der Waals surface area contributed by atoms with E-state index in [2.05, 4.69) is 10.3 Å². The van der Waals surface area contributed by atoms with Gasteiger partial charge in [-0.15, -0.1) is 11.8 Å². The van der Waals surface area contributed by atoms with Crippen LogP contribution in [0.3, 0.4) is 0 Å². The first kappa shape index (κ1) is 19.4. The molecule has 1 unspecified atom stereocenters. The number of para-hydroxylation sites is 1. The minimum absolute atomic E-state index is 0.158. The molecule has 8 heteroatoms. The zero-order valence-electron chi connectivity index (χ0n) is 15.9. The summed E-state index contributed by atoms with van der Waals surface area (Å²) in [5.74, 6) is -0.838. The van der Waals surface area contributed by atoms with Crippen molar-refractivity contribution in [2.24, 2.45) is 0 Å². The summed E-state index contributed by atoms with van der Waals surface area (Å²) in [6.45, 7) is 1.22. The summed E-state index contributed by atoms with van der Waals surface area (Å²) in [5, 5.41) is 1.90. The maximum Gasteiger partial charge on any atom is 0.250 e. The Morgan fingerprint density at radius 3 is 2.66 bits per heavy atom. The van der Waals surface area contributed by atoms with Crippen molar-refractivity contribution in [3.63, 3.8) is 0 Å². The molecular formula is C21H22N4O3S. The molecule has 1 saturated heterocycles. The lowest BCUT2D eigenvalue weighted by molar-refractivity contribution is -0.135. The van der Waals surface area contributed by atoms with E-state index in [9.17, 15) is 14.4 Å². The second kappa shape index (κ2) is 8.65. The van der Waals surface area contributed by atoms with Gasteiger partial charge in [-0.3, -0.25) is 19.4 Å². The van der Waals surface area contributed by atoms with Gasteiger partial charge in [0.05, 0.1) is 17.6 Å². The van der Waals surface area contributed by atoms with E-state index < -0.39 is 5.25 Å². The molecule has 3 heterocycles. The molecule has 1 atom stereocenters. The van der Waals surface area contributed by atoms with Crippen molar-refractivity contribution in [2.75, 3.05) is 29.9 Å². The number of carbonyl (C=O) groups excluding carboxylic acids is 3. The summed E-state index contributed by atoms with van der Waals surface area (Å²) in [6.07, 6.45) is 6.20. The van der Waals surface area contributed by atoms with Crippen molar-refractivity contribution < 1.29 is 14.4 Å². The Morgan fingerprint density at radius 2 is 1.90 bits per heavy atom. The second-order valence-electron chi connectivity index (χ2n) is 7.07. The zero-order chi connectivity index (χ0) is 20.2. The van der Waals surface area contributed by atoms with Gasteiger partial charge in [0, 0.05) is 24.2 Å². The van der Waals surface area contributed by atoms with Crippen LogP contribution in [0.4, 0.5) is 11.4 Å². The SMILES string of the molecule is O=C(CN1C(=O)C(C(=O)N2CCCCC2)Sc2ccccc21)Nc1cccnc1. The number of rotatable bonds is 4. The maximum absolute atomic E-state index is 13.2. The normalized spacial score (nSPS) is 18.9. The van der Waals surface area contributed by atoms with Crippen LogP contribution in [0.5, 0.6) is 0 Å². The Balaban J connectivity index is 1.55. The number of fused-ring (bicyclic) bond motifs is 1. The van der Waals surface area contributed by atoms with Gasteiger partial charge in [0.15, 0.2) is 5.25 Å². The number of piperidine rings is 1. The number of aromatic nitrogens is 1. The van der Waals surface area contributed by atoms with Crippen LogP contribution in [0.15, 0.2) is 53.7 Å². The first-order chi connectivity index (χ1) is 14.1. The summed E-state index contributed by atoms with van der Waals surface area (Å²) in [7, 11) is 0. The van der Waals surface area contributed by atoms with Crippen LogP contribution in [-0.4, -0.2) is 52.5 Å². The van der Waals surface area contributed by atoms with Crippen molar-refractivity contribution in [2.45, 2.75) is 29.4 Å². The van der Waals surface area contributed by atoms with Gasteiger partial charge >= 0.3 is 0 Å². The molecule has 1 aromatic heterocycles. The van der Waals surface area contributed by atoms with E-state index in [1.165, 1.54) is 16.7 Å². The molecule has 0 aliphatic carbocycles. The Bertz CT molecular complexity index is 915. The molecule has 29 heavy (non-hydrogen) atoms. The standard InChI is InChI=1S/C21H22N4O3S/c26-18(23-15-7-6-10-22-13-15)14-25-16-8-2-3-9-17(16)29-19(21(25)28)20(27)24-11-4-1-5-12-24/h2-3,6-10,13,19H,1,4-5,11-12,14H2,(H,23,26). The smallest absolute Gasteiger partial charge is 0.250 e. The van der Waals surface area contributed by atoms with Crippen LogP contribution in [0.1, 0.15) is 19.3 Å². The van der Waals surface area contributed by atoms with E-state index in [1.807, 2.05) is 18.2 Å². The molecule has 0 bridgehead atoms. The summed E-state index contributed by atoms with van der Waals surface area (Å²) >= 11 is 1.28. The largest absolute Gasteiger partial charge is 0.341 e. The lowest BCUT2D eigenvalue weighted by Gasteiger charge is -2.36. The highest BCUT2D eigenvalue weighted by Gasteiger charge is 2.40. The Kier molecular flexibility index (Phi) is 5.80. The number of amides is 3. The van der Waals surface area contributed by atoms with Gasteiger partial charge in [-0.2, -0.15) is 0 Å². The molecule has 1 N–H and O–H groups in total. The van der Waals surface area contributed by atoms with Gasteiger partial charge in [0.1, 0.15) is 6.54 Å². The van der Waals surface area contributed by atoms with Crippen LogP contribution in [0.2, 0.25) is 0 Å². The molecule has 7 nitrogen and oxygen atoms in total. The number of nitrogens with zero attached hydrogens (tertiary/aromatic N) is 3. The third-order valence-corrected chi connectivity index (χ3v) is 6.27. The third kappa shape index (κ3) is 4.27. The van der Waals surface area contributed by atoms with Crippen LogP contribution in [0, 0.1) is 0 Å². The van der Waals surface area contributed by atoms with E-state index in [0.717, 1.165) is 24.2 Å². The predicted molar refractivity (Wildman–Crippen MR) is 112 cm³/mol. The molecule has 4 rings (SSSR count). The first-order valence-corrected chi connectivity index (χ1v) is 10.6. The van der Waals surface area contributed by atoms with Gasteiger partial charge in [-0.1, -0.05) is 12.1 Å². The van der Waals surface area contributed by atoms with E-state index >= 15 is 0 Å². The Hall–Kier alpha value is -2.87. The van der Waals surface area contributed by atoms with Gasteiger partial charge in [0.25, 0.3) is 5.91 Å². The zero-order valence-corrected chi connectivity index (χ0v) is 16.7. The maximum atomic E-state index is 13.2. The van der Waals surface area contributed by atoms with Crippen molar-refractivity contribution in [1.29, 1.82) is 0 Å². The Morgan fingerprint density at radius 1 is 1.10 bits per heavy atom. The molecule has 2 aliphatic rings. The van der Waals surface area contributed by atoms with E-state index in [0.29, 0.717) is 24.5 Å². The van der Waals surface area contributed by atoms with Crippen LogP contribution >= 0.6 is 11.8 Å². The third-order valence-electron chi connectivity index (χ3n) is 5.03. The average Bonchev–Trinajstić information content (AvgIpc) is 2.76. The van der Waals surface area contributed by atoms with Gasteiger partial charge < -0.3 is 15.1 Å². The fourth-order valence-electron chi connectivity index (χ4n) is 3.60. The van der Waals surface area contributed by atoms with E-state index in [4.69, 9.17) is 0 Å². The molecular weight excluding hydrogens is 388 g/mol. The second-order valence-corrected chi connectivity index (χ2v) is 8.21. The highest BCUT2D eigenvalue weighted by molar-refractivity contribution is 8.01. The summed E-state index contributed by atoms with van der Waals surface area (Å²) in [4.78, 5) is 46.9.